The SMILES string of the molecule is Cc1nc(-c2ccc(-c3cc(Oc4ccc5nc(N[C@@H]6CCCC[C@H]6O)sc5c4)ccn3)cc2)[nH]c1C. The molecule has 1 aliphatic carbocycles. The van der Waals surface area contributed by atoms with E-state index in [9.17, 15) is 5.11 Å². The van der Waals surface area contributed by atoms with Crippen LogP contribution in [0.2, 0.25) is 0 Å². The van der Waals surface area contributed by atoms with Crippen LogP contribution in [-0.4, -0.2) is 37.2 Å². The molecular weight excluding hydrogens is 482 g/mol. The van der Waals surface area contributed by atoms with Gasteiger partial charge >= 0.3 is 0 Å². The second-order valence-corrected chi connectivity index (χ2v) is 10.6. The summed E-state index contributed by atoms with van der Waals surface area (Å²) in [6.45, 7) is 4.03. The van der Waals surface area contributed by atoms with E-state index in [1.54, 1.807) is 17.5 Å². The molecule has 5 aromatic rings. The fourth-order valence-electron chi connectivity index (χ4n) is 4.72. The topological polar surface area (TPSA) is 96.0 Å². The van der Waals surface area contributed by atoms with E-state index in [1.165, 1.54) is 0 Å². The lowest BCUT2D eigenvalue weighted by molar-refractivity contribution is 0.116. The molecule has 2 aromatic carbocycles. The average Bonchev–Trinajstić information content (AvgIpc) is 3.47. The van der Waals surface area contributed by atoms with Gasteiger partial charge < -0.3 is 20.1 Å². The van der Waals surface area contributed by atoms with Gasteiger partial charge in [0.25, 0.3) is 0 Å². The number of fused-ring (bicyclic) bond motifs is 1. The smallest absolute Gasteiger partial charge is 0.184 e. The summed E-state index contributed by atoms with van der Waals surface area (Å²) in [5, 5.41) is 14.6. The molecule has 3 N–H and O–H groups in total. The van der Waals surface area contributed by atoms with E-state index >= 15 is 0 Å². The van der Waals surface area contributed by atoms with Crippen molar-refractivity contribution < 1.29 is 9.84 Å². The number of pyridine rings is 1. The van der Waals surface area contributed by atoms with Gasteiger partial charge in [-0.05, 0) is 44.9 Å². The minimum absolute atomic E-state index is 0.0710. The number of benzene rings is 2. The van der Waals surface area contributed by atoms with E-state index in [2.05, 4.69) is 44.5 Å². The second kappa shape index (κ2) is 9.95. The molecule has 0 bridgehead atoms. The maximum absolute atomic E-state index is 10.3. The van der Waals surface area contributed by atoms with Crippen molar-refractivity contribution >= 4 is 26.7 Å². The Kier molecular flexibility index (Phi) is 6.36. The van der Waals surface area contributed by atoms with Crippen molar-refractivity contribution in [1.82, 2.24) is 19.9 Å². The number of H-pyrrole nitrogens is 1. The Bertz CT molecular complexity index is 1520. The Morgan fingerprint density at radius 2 is 1.73 bits per heavy atom. The number of ether oxygens (including phenoxy) is 1. The maximum Gasteiger partial charge on any atom is 0.184 e. The summed E-state index contributed by atoms with van der Waals surface area (Å²) < 4.78 is 7.24. The highest BCUT2D eigenvalue weighted by atomic mass is 32.1. The molecule has 1 aliphatic rings. The number of aromatic amines is 1. The highest BCUT2D eigenvalue weighted by Gasteiger charge is 2.23. The molecule has 2 atom stereocenters. The summed E-state index contributed by atoms with van der Waals surface area (Å²) in [5.41, 5.74) is 5.90. The molecular formula is C29H29N5O2S. The number of imidazole rings is 1. The van der Waals surface area contributed by atoms with Crippen molar-refractivity contribution in [3.8, 4) is 34.1 Å². The molecule has 0 amide bonds. The van der Waals surface area contributed by atoms with E-state index in [0.717, 1.165) is 86.6 Å². The normalized spacial score (nSPS) is 17.7. The molecule has 188 valence electrons. The monoisotopic (exact) mass is 511 g/mol. The van der Waals surface area contributed by atoms with Crippen LogP contribution in [0.25, 0.3) is 32.9 Å². The second-order valence-electron chi connectivity index (χ2n) is 9.60. The van der Waals surface area contributed by atoms with Crippen LogP contribution in [0.3, 0.4) is 0 Å². The van der Waals surface area contributed by atoms with E-state index in [4.69, 9.17) is 9.72 Å². The lowest BCUT2D eigenvalue weighted by atomic mass is 9.93. The third-order valence-corrected chi connectivity index (χ3v) is 7.90. The number of aryl methyl sites for hydroxylation is 2. The summed E-state index contributed by atoms with van der Waals surface area (Å²) in [4.78, 5) is 17.2. The third kappa shape index (κ3) is 5.08. The van der Waals surface area contributed by atoms with Crippen molar-refractivity contribution in [3.63, 3.8) is 0 Å². The van der Waals surface area contributed by atoms with Gasteiger partial charge in [0.2, 0.25) is 0 Å². The number of hydrogen-bond donors (Lipinski definition) is 3. The molecule has 0 saturated heterocycles. The van der Waals surface area contributed by atoms with E-state index in [1.807, 2.05) is 44.2 Å². The van der Waals surface area contributed by atoms with Crippen LogP contribution in [0.5, 0.6) is 11.5 Å². The fourth-order valence-corrected chi connectivity index (χ4v) is 5.68. The average molecular weight is 512 g/mol. The molecule has 0 spiro atoms. The zero-order valence-electron chi connectivity index (χ0n) is 20.9. The summed E-state index contributed by atoms with van der Waals surface area (Å²) in [5.74, 6) is 2.34. The van der Waals surface area contributed by atoms with Crippen LogP contribution < -0.4 is 10.1 Å². The highest BCUT2D eigenvalue weighted by Crippen LogP contribution is 2.34. The van der Waals surface area contributed by atoms with E-state index in [0.29, 0.717) is 0 Å². The van der Waals surface area contributed by atoms with Gasteiger partial charge in [0.05, 0.1) is 33.8 Å². The van der Waals surface area contributed by atoms with Crippen LogP contribution in [0.1, 0.15) is 37.1 Å². The largest absolute Gasteiger partial charge is 0.457 e. The first kappa shape index (κ1) is 23.6. The summed E-state index contributed by atoms with van der Waals surface area (Å²) in [6, 6.07) is 18.0. The van der Waals surface area contributed by atoms with Crippen molar-refractivity contribution in [2.45, 2.75) is 51.7 Å². The first-order valence-corrected chi connectivity index (χ1v) is 13.5. The molecule has 6 rings (SSSR count). The van der Waals surface area contributed by atoms with Gasteiger partial charge in [0, 0.05) is 35.2 Å². The van der Waals surface area contributed by atoms with E-state index < -0.39 is 0 Å². The van der Waals surface area contributed by atoms with Gasteiger partial charge in [0.15, 0.2) is 5.13 Å². The minimum Gasteiger partial charge on any atom is -0.457 e. The molecule has 8 heteroatoms. The fraction of sp³-hybridized carbons (Fsp3) is 0.276. The Morgan fingerprint density at radius 3 is 2.51 bits per heavy atom. The van der Waals surface area contributed by atoms with Gasteiger partial charge in [-0.25, -0.2) is 9.97 Å². The van der Waals surface area contributed by atoms with Crippen LogP contribution in [0, 0.1) is 13.8 Å². The maximum atomic E-state index is 10.3. The van der Waals surface area contributed by atoms with Crippen molar-refractivity contribution in [3.05, 3.63) is 72.2 Å². The molecule has 37 heavy (non-hydrogen) atoms. The van der Waals surface area contributed by atoms with Gasteiger partial charge in [-0.15, -0.1) is 0 Å². The number of anilines is 1. The van der Waals surface area contributed by atoms with Gasteiger partial charge in [0.1, 0.15) is 17.3 Å². The third-order valence-electron chi connectivity index (χ3n) is 6.95. The van der Waals surface area contributed by atoms with Crippen molar-refractivity contribution in [2.75, 3.05) is 5.32 Å². The summed E-state index contributed by atoms with van der Waals surface area (Å²) in [7, 11) is 0. The van der Waals surface area contributed by atoms with Crippen LogP contribution in [-0.2, 0) is 0 Å². The molecule has 0 radical (unpaired) electrons. The number of aromatic nitrogens is 4. The number of rotatable bonds is 6. The number of hydrogen-bond acceptors (Lipinski definition) is 7. The molecule has 7 nitrogen and oxygen atoms in total. The lowest BCUT2D eigenvalue weighted by Gasteiger charge is -2.27. The highest BCUT2D eigenvalue weighted by molar-refractivity contribution is 7.22. The van der Waals surface area contributed by atoms with Crippen molar-refractivity contribution in [1.29, 1.82) is 0 Å². The predicted molar refractivity (Wildman–Crippen MR) is 148 cm³/mol. The van der Waals surface area contributed by atoms with Crippen LogP contribution in [0.4, 0.5) is 5.13 Å². The first-order valence-electron chi connectivity index (χ1n) is 12.6. The Hall–Kier alpha value is -3.75. The number of aliphatic hydroxyl groups excluding tert-OH is 1. The zero-order valence-corrected chi connectivity index (χ0v) is 21.7. The number of nitrogens with one attached hydrogen (secondary N) is 2. The number of aliphatic hydroxyl groups is 1. The lowest BCUT2D eigenvalue weighted by Crippen LogP contribution is -2.36. The summed E-state index contributed by atoms with van der Waals surface area (Å²) in [6.07, 6.45) is 5.50. The van der Waals surface area contributed by atoms with E-state index in [-0.39, 0.29) is 12.1 Å². The summed E-state index contributed by atoms with van der Waals surface area (Å²) >= 11 is 1.59. The van der Waals surface area contributed by atoms with Crippen LogP contribution >= 0.6 is 11.3 Å². The standard InChI is InChI=1S/C29H29N5O2S/c1-17-18(2)32-28(31-17)20-9-7-19(8-10-20)25-15-22(13-14-30-25)36-21-11-12-24-27(16-21)37-29(34-24)33-23-5-3-4-6-26(23)35/h7-16,23,26,35H,3-6H2,1-2H3,(H,31,32)(H,33,34)/t23-,26-/m1/s1. The Labute approximate surface area is 219 Å². The molecule has 1 saturated carbocycles. The molecule has 0 unspecified atom stereocenters. The number of thiazole rings is 1. The number of nitrogens with zero attached hydrogens (tertiary/aromatic N) is 3. The Morgan fingerprint density at radius 1 is 0.946 bits per heavy atom. The van der Waals surface area contributed by atoms with Gasteiger partial charge in [-0.1, -0.05) is 48.4 Å². The zero-order chi connectivity index (χ0) is 25.4. The predicted octanol–water partition coefficient (Wildman–Crippen LogP) is 6.87. The minimum atomic E-state index is -0.310. The van der Waals surface area contributed by atoms with Crippen molar-refractivity contribution in [2.24, 2.45) is 0 Å². The van der Waals surface area contributed by atoms with Gasteiger partial charge in [-0.2, -0.15) is 0 Å². The van der Waals surface area contributed by atoms with Crippen LogP contribution in [0.15, 0.2) is 60.8 Å². The first-order chi connectivity index (χ1) is 18.0. The molecule has 3 heterocycles. The van der Waals surface area contributed by atoms with Gasteiger partial charge in [-0.3, -0.25) is 4.98 Å². The quantitative estimate of drug-likeness (QED) is 0.230. The molecule has 3 aromatic heterocycles. The molecule has 1 fully saturated rings. The Balaban J connectivity index is 1.18. The molecule has 0 aliphatic heterocycles.